The van der Waals surface area contributed by atoms with Gasteiger partial charge in [-0.15, -0.1) is 0 Å². The van der Waals surface area contributed by atoms with Crippen LogP contribution in [0.25, 0.3) is 0 Å². The molecule has 2 rings (SSSR count). The molecule has 0 saturated heterocycles. The van der Waals surface area contributed by atoms with E-state index in [1.54, 1.807) is 17.8 Å². The topological polar surface area (TPSA) is 66.4 Å². The summed E-state index contributed by atoms with van der Waals surface area (Å²) < 4.78 is 28.1. The van der Waals surface area contributed by atoms with E-state index in [2.05, 4.69) is 11.0 Å². The Morgan fingerprint density at radius 3 is 2.62 bits per heavy atom. The number of hydrogen-bond acceptors (Lipinski definition) is 4. The fourth-order valence-corrected chi connectivity index (χ4v) is 5.26. The predicted octanol–water partition coefficient (Wildman–Crippen LogP) is 2.36. The van der Waals surface area contributed by atoms with Gasteiger partial charge in [0.05, 0.1) is 11.5 Å². The molecule has 0 heterocycles. The zero-order chi connectivity index (χ0) is 15.6. The quantitative estimate of drug-likeness (QED) is 0.870. The molecule has 2 N–H and O–H groups in total. The Morgan fingerprint density at radius 2 is 2.05 bits per heavy atom. The fraction of sp³-hybridized carbons (Fsp3) is 0.600. The van der Waals surface area contributed by atoms with Crippen molar-refractivity contribution in [2.24, 2.45) is 0 Å². The van der Waals surface area contributed by atoms with Gasteiger partial charge in [0.15, 0.2) is 0 Å². The lowest BCUT2D eigenvalue weighted by molar-refractivity contribution is 0.281. The minimum Gasteiger partial charge on any atom is -0.392 e. The van der Waals surface area contributed by atoms with Crippen LogP contribution in [-0.4, -0.2) is 31.1 Å². The van der Waals surface area contributed by atoms with Crippen molar-refractivity contribution in [3.05, 3.63) is 28.8 Å². The van der Waals surface area contributed by atoms with E-state index in [9.17, 15) is 13.5 Å². The molecule has 118 valence electrons. The Bertz CT molecular complexity index is 614. The Labute approximate surface area is 131 Å². The molecule has 0 radical (unpaired) electrons. The highest BCUT2D eigenvalue weighted by atomic mass is 32.2. The van der Waals surface area contributed by atoms with Crippen LogP contribution in [0.4, 0.5) is 0 Å². The second-order valence-corrected chi connectivity index (χ2v) is 8.50. The molecule has 1 aliphatic rings. The summed E-state index contributed by atoms with van der Waals surface area (Å²) in [5.74, 6) is 0. The Kier molecular flexibility index (Phi) is 5.35. The molecule has 1 saturated carbocycles. The first kappa shape index (κ1) is 16.8. The van der Waals surface area contributed by atoms with Crippen molar-refractivity contribution in [1.29, 1.82) is 0 Å². The average Bonchev–Trinajstić information content (AvgIpc) is 2.88. The van der Waals surface area contributed by atoms with Gasteiger partial charge in [0, 0.05) is 11.3 Å². The number of rotatable bonds is 5. The van der Waals surface area contributed by atoms with E-state index in [4.69, 9.17) is 0 Å². The lowest BCUT2D eigenvalue weighted by Crippen LogP contribution is -2.33. The summed E-state index contributed by atoms with van der Waals surface area (Å²) in [7, 11) is -3.53. The van der Waals surface area contributed by atoms with E-state index in [0.29, 0.717) is 15.7 Å². The van der Waals surface area contributed by atoms with Crippen molar-refractivity contribution in [1.82, 2.24) is 4.72 Å². The SMILES string of the molecule is CSC1CCC(NS(=O)(=O)c2cc(CO)cc(C)c2C)C1. The first-order valence-corrected chi connectivity index (χ1v) is 9.90. The summed E-state index contributed by atoms with van der Waals surface area (Å²) in [4.78, 5) is 0.291. The molecule has 1 aliphatic carbocycles. The molecule has 2 atom stereocenters. The fourth-order valence-electron chi connectivity index (χ4n) is 2.81. The van der Waals surface area contributed by atoms with Gasteiger partial charge < -0.3 is 5.11 Å². The van der Waals surface area contributed by atoms with Gasteiger partial charge >= 0.3 is 0 Å². The second kappa shape index (κ2) is 6.69. The number of aliphatic hydroxyl groups is 1. The predicted molar refractivity (Wildman–Crippen MR) is 87.1 cm³/mol. The van der Waals surface area contributed by atoms with Gasteiger partial charge in [-0.3, -0.25) is 0 Å². The molecular weight excluding hydrogens is 306 g/mol. The van der Waals surface area contributed by atoms with E-state index in [0.717, 1.165) is 30.4 Å². The highest BCUT2D eigenvalue weighted by Gasteiger charge is 2.29. The summed E-state index contributed by atoms with van der Waals surface area (Å²) >= 11 is 1.80. The van der Waals surface area contributed by atoms with Crippen molar-refractivity contribution >= 4 is 21.8 Å². The van der Waals surface area contributed by atoms with E-state index in [1.165, 1.54) is 0 Å². The summed E-state index contributed by atoms with van der Waals surface area (Å²) in [5, 5.41) is 9.82. The molecule has 2 unspecified atom stereocenters. The minimum atomic E-state index is -3.53. The molecule has 0 aliphatic heterocycles. The third-order valence-electron chi connectivity index (χ3n) is 4.19. The number of thioether (sulfide) groups is 1. The molecule has 4 nitrogen and oxygen atoms in total. The third-order valence-corrected chi connectivity index (χ3v) is 6.93. The maximum Gasteiger partial charge on any atom is 0.241 e. The van der Waals surface area contributed by atoms with Crippen molar-refractivity contribution in [3.8, 4) is 0 Å². The standard InChI is InChI=1S/C15H23NO3S2/c1-10-6-12(9-17)7-15(11(10)2)21(18,19)16-13-4-5-14(8-13)20-3/h6-7,13-14,16-17H,4-5,8-9H2,1-3H3. The number of aliphatic hydroxyl groups excluding tert-OH is 1. The Balaban J connectivity index is 2.26. The summed E-state index contributed by atoms with van der Waals surface area (Å²) in [5.41, 5.74) is 2.27. The molecule has 1 aromatic carbocycles. The molecule has 1 aromatic rings. The molecule has 6 heteroatoms. The number of sulfonamides is 1. The molecule has 1 fully saturated rings. The van der Waals surface area contributed by atoms with Crippen LogP contribution < -0.4 is 4.72 Å². The monoisotopic (exact) mass is 329 g/mol. The van der Waals surface area contributed by atoms with Crippen LogP contribution in [0.5, 0.6) is 0 Å². The number of nitrogens with one attached hydrogen (secondary N) is 1. The molecule has 0 spiro atoms. The van der Waals surface area contributed by atoms with Crippen molar-refractivity contribution in [2.45, 2.75) is 55.9 Å². The third kappa shape index (κ3) is 3.80. The van der Waals surface area contributed by atoms with Gasteiger partial charge in [0.1, 0.15) is 0 Å². The van der Waals surface area contributed by atoms with Gasteiger partial charge in [-0.05, 0) is 62.1 Å². The number of benzene rings is 1. The van der Waals surface area contributed by atoms with E-state index in [-0.39, 0.29) is 12.6 Å². The summed E-state index contributed by atoms with van der Waals surface area (Å²) in [6.45, 7) is 3.53. The maximum atomic E-state index is 12.6. The van der Waals surface area contributed by atoms with Crippen LogP contribution in [-0.2, 0) is 16.6 Å². The van der Waals surface area contributed by atoms with Gasteiger partial charge in [-0.2, -0.15) is 11.8 Å². The highest BCUT2D eigenvalue weighted by molar-refractivity contribution is 7.99. The van der Waals surface area contributed by atoms with Gasteiger partial charge in [-0.25, -0.2) is 13.1 Å². The second-order valence-electron chi connectivity index (χ2n) is 5.68. The van der Waals surface area contributed by atoms with Crippen molar-refractivity contribution in [2.75, 3.05) is 6.26 Å². The van der Waals surface area contributed by atoms with Crippen molar-refractivity contribution in [3.63, 3.8) is 0 Å². The minimum absolute atomic E-state index is 0.0185. The first-order chi connectivity index (χ1) is 9.87. The van der Waals surface area contributed by atoms with E-state index < -0.39 is 10.0 Å². The summed E-state index contributed by atoms with van der Waals surface area (Å²) in [6, 6.07) is 3.42. The van der Waals surface area contributed by atoms with Crippen LogP contribution in [0.3, 0.4) is 0 Å². The van der Waals surface area contributed by atoms with Crippen molar-refractivity contribution < 1.29 is 13.5 Å². The summed E-state index contributed by atoms with van der Waals surface area (Å²) in [6.07, 6.45) is 4.91. The normalized spacial score (nSPS) is 22.7. The zero-order valence-electron chi connectivity index (χ0n) is 12.7. The van der Waals surface area contributed by atoms with Crippen LogP contribution >= 0.6 is 11.8 Å². The Hall–Kier alpha value is -0.560. The average molecular weight is 329 g/mol. The lowest BCUT2D eigenvalue weighted by atomic mass is 10.1. The number of aryl methyl sites for hydroxylation is 1. The van der Waals surface area contributed by atoms with E-state index in [1.807, 2.05) is 19.9 Å². The first-order valence-electron chi connectivity index (χ1n) is 7.13. The van der Waals surface area contributed by atoms with Crippen LogP contribution in [0, 0.1) is 13.8 Å². The van der Waals surface area contributed by atoms with Crippen LogP contribution in [0.15, 0.2) is 17.0 Å². The largest absolute Gasteiger partial charge is 0.392 e. The van der Waals surface area contributed by atoms with Crippen LogP contribution in [0.2, 0.25) is 0 Å². The Morgan fingerprint density at radius 1 is 1.33 bits per heavy atom. The van der Waals surface area contributed by atoms with Crippen LogP contribution in [0.1, 0.15) is 36.0 Å². The van der Waals surface area contributed by atoms with Gasteiger partial charge in [0.2, 0.25) is 10.0 Å². The molecule has 0 amide bonds. The number of hydrogen-bond donors (Lipinski definition) is 2. The molecule has 21 heavy (non-hydrogen) atoms. The maximum absolute atomic E-state index is 12.6. The molecule has 0 aromatic heterocycles. The zero-order valence-corrected chi connectivity index (χ0v) is 14.4. The van der Waals surface area contributed by atoms with Gasteiger partial charge in [-0.1, -0.05) is 6.07 Å². The molecular formula is C15H23NO3S2. The van der Waals surface area contributed by atoms with E-state index >= 15 is 0 Å². The molecule has 0 bridgehead atoms. The van der Waals surface area contributed by atoms with Gasteiger partial charge in [0.25, 0.3) is 0 Å². The smallest absolute Gasteiger partial charge is 0.241 e. The lowest BCUT2D eigenvalue weighted by Gasteiger charge is -2.16. The highest BCUT2D eigenvalue weighted by Crippen LogP contribution is 2.30.